The molecular formula is C26H24N2O5. The number of anilines is 1. The predicted octanol–water partition coefficient (Wildman–Crippen LogP) is 5.24. The second-order valence-corrected chi connectivity index (χ2v) is 8.40. The Morgan fingerprint density at radius 2 is 1.85 bits per heavy atom. The monoisotopic (exact) mass is 444 g/mol. The van der Waals surface area contributed by atoms with Gasteiger partial charge in [0.2, 0.25) is 5.76 Å². The van der Waals surface area contributed by atoms with E-state index in [0.29, 0.717) is 40.5 Å². The van der Waals surface area contributed by atoms with Crippen LogP contribution in [0.2, 0.25) is 0 Å². The van der Waals surface area contributed by atoms with Gasteiger partial charge < -0.3 is 13.7 Å². The lowest BCUT2D eigenvalue weighted by Gasteiger charge is -2.22. The Kier molecular flexibility index (Phi) is 5.04. The molecule has 168 valence electrons. The van der Waals surface area contributed by atoms with Gasteiger partial charge in [0.1, 0.15) is 17.1 Å². The number of nitrogens with zero attached hydrogens (tertiary/aromatic N) is 2. The third-order valence-electron chi connectivity index (χ3n) is 6.00. The molecule has 0 saturated heterocycles. The van der Waals surface area contributed by atoms with Gasteiger partial charge in [-0.2, -0.15) is 0 Å². The Labute approximate surface area is 190 Å². The first kappa shape index (κ1) is 21.0. The van der Waals surface area contributed by atoms with Crippen molar-refractivity contribution in [3.63, 3.8) is 0 Å². The van der Waals surface area contributed by atoms with Gasteiger partial charge >= 0.3 is 0 Å². The molecule has 4 aromatic rings. The van der Waals surface area contributed by atoms with E-state index in [2.05, 4.69) is 5.16 Å². The van der Waals surface area contributed by atoms with Crippen LogP contribution in [0.4, 0.5) is 5.82 Å². The van der Waals surface area contributed by atoms with Gasteiger partial charge in [0, 0.05) is 6.07 Å². The van der Waals surface area contributed by atoms with Crippen molar-refractivity contribution in [1.29, 1.82) is 0 Å². The topological polar surface area (TPSA) is 85.8 Å². The highest BCUT2D eigenvalue weighted by Gasteiger charge is 2.45. The van der Waals surface area contributed by atoms with Crippen molar-refractivity contribution in [3.05, 3.63) is 86.5 Å². The van der Waals surface area contributed by atoms with Crippen LogP contribution < -0.4 is 15.1 Å². The van der Waals surface area contributed by atoms with E-state index in [1.54, 1.807) is 19.1 Å². The number of hydrogen-bond acceptors (Lipinski definition) is 6. The Morgan fingerprint density at radius 1 is 1.06 bits per heavy atom. The third-order valence-corrected chi connectivity index (χ3v) is 6.00. The first-order valence-corrected chi connectivity index (χ1v) is 11.0. The Hall–Kier alpha value is -3.87. The maximum atomic E-state index is 13.7. The van der Waals surface area contributed by atoms with Crippen molar-refractivity contribution in [3.8, 4) is 5.75 Å². The van der Waals surface area contributed by atoms with E-state index in [9.17, 15) is 9.59 Å². The molecule has 1 aliphatic rings. The molecule has 33 heavy (non-hydrogen) atoms. The highest BCUT2D eigenvalue weighted by molar-refractivity contribution is 6.10. The van der Waals surface area contributed by atoms with E-state index in [-0.39, 0.29) is 11.2 Å². The summed E-state index contributed by atoms with van der Waals surface area (Å²) in [5.74, 6) is 1.15. The minimum Gasteiger partial charge on any atom is -0.494 e. The number of rotatable bonds is 5. The zero-order valence-electron chi connectivity index (χ0n) is 19.0. The molecule has 0 bridgehead atoms. The van der Waals surface area contributed by atoms with Gasteiger partial charge in [-0.05, 0) is 68.1 Å². The first-order valence-electron chi connectivity index (χ1n) is 11.0. The van der Waals surface area contributed by atoms with Crippen LogP contribution in [0.5, 0.6) is 5.75 Å². The summed E-state index contributed by atoms with van der Waals surface area (Å²) in [5, 5.41) is 4.51. The summed E-state index contributed by atoms with van der Waals surface area (Å²) in [5.41, 5.74) is 3.16. The van der Waals surface area contributed by atoms with E-state index in [0.717, 1.165) is 23.1 Å². The standard InChI is InChI=1S/C26H24N2O5/c1-5-9-31-18-8-6-7-17(13-18)23-22-24(29)19-10-14(2)15(3)11-20(19)32-25(22)26(30)28(23)21-12-16(4)33-27-21/h6-8,10-13,23H,5,9H2,1-4H3/t23-/m1/s1. The number of ether oxygens (including phenoxy) is 1. The van der Waals surface area contributed by atoms with E-state index in [1.807, 2.05) is 51.1 Å². The fourth-order valence-corrected chi connectivity index (χ4v) is 4.24. The number of benzene rings is 2. The smallest absolute Gasteiger partial charge is 0.296 e. The molecule has 1 amide bonds. The molecule has 3 heterocycles. The average Bonchev–Trinajstić information content (AvgIpc) is 3.35. The Bertz CT molecular complexity index is 1450. The summed E-state index contributed by atoms with van der Waals surface area (Å²) in [4.78, 5) is 28.8. The van der Waals surface area contributed by atoms with Crippen molar-refractivity contribution < 1.29 is 18.5 Å². The molecule has 0 radical (unpaired) electrons. The largest absolute Gasteiger partial charge is 0.494 e. The Morgan fingerprint density at radius 3 is 2.58 bits per heavy atom. The molecule has 0 fully saturated rings. The van der Waals surface area contributed by atoms with Crippen molar-refractivity contribution in [1.82, 2.24) is 5.16 Å². The predicted molar refractivity (Wildman–Crippen MR) is 124 cm³/mol. The van der Waals surface area contributed by atoms with Crippen molar-refractivity contribution >= 4 is 22.7 Å². The molecular weight excluding hydrogens is 420 g/mol. The molecule has 2 aromatic heterocycles. The lowest BCUT2D eigenvalue weighted by molar-refractivity contribution is 0.0969. The number of amides is 1. The maximum Gasteiger partial charge on any atom is 0.296 e. The van der Waals surface area contributed by atoms with Gasteiger partial charge in [0.25, 0.3) is 5.91 Å². The van der Waals surface area contributed by atoms with Crippen LogP contribution in [0.25, 0.3) is 11.0 Å². The zero-order chi connectivity index (χ0) is 23.3. The maximum absolute atomic E-state index is 13.7. The molecule has 0 spiro atoms. The quantitative estimate of drug-likeness (QED) is 0.418. The van der Waals surface area contributed by atoms with Crippen LogP contribution in [0.1, 0.15) is 58.0 Å². The SMILES string of the molecule is CCCOc1cccc([C@@H]2c3c(oc4cc(C)c(C)cc4c3=O)C(=O)N2c2cc(C)on2)c1. The van der Waals surface area contributed by atoms with Crippen LogP contribution in [0, 0.1) is 20.8 Å². The second kappa shape index (κ2) is 7.92. The normalized spacial score (nSPS) is 15.3. The number of fused-ring (bicyclic) bond motifs is 2. The van der Waals surface area contributed by atoms with Gasteiger partial charge in [-0.3, -0.25) is 14.5 Å². The van der Waals surface area contributed by atoms with E-state index < -0.39 is 11.9 Å². The van der Waals surface area contributed by atoms with Gasteiger partial charge in [-0.1, -0.05) is 24.2 Å². The highest BCUT2D eigenvalue weighted by Crippen LogP contribution is 2.41. The summed E-state index contributed by atoms with van der Waals surface area (Å²) in [6, 6.07) is 12.0. The van der Waals surface area contributed by atoms with Crippen LogP contribution in [-0.4, -0.2) is 17.7 Å². The van der Waals surface area contributed by atoms with Crippen LogP contribution in [0.3, 0.4) is 0 Å². The third kappa shape index (κ3) is 3.40. The summed E-state index contributed by atoms with van der Waals surface area (Å²) >= 11 is 0. The zero-order valence-corrected chi connectivity index (χ0v) is 19.0. The van der Waals surface area contributed by atoms with Crippen molar-refractivity contribution in [2.24, 2.45) is 0 Å². The second-order valence-electron chi connectivity index (χ2n) is 8.40. The summed E-state index contributed by atoms with van der Waals surface area (Å²) < 4.78 is 17.1. The van der Waals surface area contributed by atoms with E-state index in [4.69, 9.17) is 13.7 Å². The minimum atomic E-state index is -0.718. The molecule has 1 aliphatic heterocycles. The summed E-state index contributed by atoms with van der Waals surface area (Å²) in [6.45, 7) is 8.25. The molecule has 2 aromatic carbocycles. The Balaban J connectivity index is 1.77. The van der Waals surface area contributed by atoms with Crippen LogP contribution in [0.15, 0.2) is 56.2 Å². The number of carbonyl (C=O) groups excluding carboxylic acids is 1. The van der Waals surface area contributed by atoms with Crippen LogP contribution >= 0.6 is 0 Å². The van der Waals surface area contributed by atoms with Crippen LogP contribution in [-0.2, 0) is 0 Å². The lowest BCUT2D eigenvalue weighted by atomic mass is 9.97. The number of aryl methyl sites for hydroxylation is 3. The average molecular weight is 444 g/mol. The number of aromatic nitrogens is 1. The van der Waals surface area contributed by atoms with Crippen molar-refractivity contribution in [2.45, 2.75) is 40.2 Å². The molecule has 0 saturated carbocycles. The molecule has 7 heteroatoms. The lowest BCUT2D eigenvalue weighted by Crippen LogP contribution is -2.29. The van der Waals surface area contributed by atoms with Crippen molar-refractivity contribution in [2.75, 3.05) is 11.5 Å². The number of hydrogen-bond donors (Lipinski definition) is 0. The fourth-order valence-electron chi connectivity index (χ4n) is 4.24. The highest BCUT2D eigenvalue weighted by atomic mass is 16.5. The molecule has 7 nitrogen and oxygen atoms in total. The molecule has 0 N–H and O–H groups in total. The number of carbonyl (C=O) groups is 1. The van der Waals surface area contributed by atoms with Gasteiger partial charge in [0.15, 0.2) is 11.2 Å². The van der Waals surface area contributed by atoms with Gasteiger partial charge in [-0.15, -0.1) is 0 Å². The molecule has 5 rings (SSSR count). The summed E-state index contributed by atoms with van der Waals surface area (Å²) in [7, 11) is 0. The first-order chi connectivity index (χ1) is 15.9. The van der Waals surface area contributed by atoms with Gasteiger partial charge in [-0.25, -0.2) is 0 Å². The fraction of sp³-hybridized carbons (Fsp3) is 0.269. The molecule has 1 atom stereocenters. The van der Waals surface area contributed by atoms with Gasteiger partial charge in [0.05, 0.1) is 23.6 Å². The summed E-state index contributed by atoms with van der Waals surface area (Å²) in [6.07, 6.45) is 0.869. The minimum absolute atomic E-state index is 0.0290. The van der Waals surface area contributed by atoms with E-state index >= 15 is 0 Å². The van der Waals surface area contributed by atoms with E-state index in [1.165, 1.54) is 4.90 Å². The molecule has 0 unspecified atom stereocenters. The molecule has 0 aliphatic carbocycles.